The van der Waals surface area contributed by atoms with Crippen molar-refractivity contribution in [3.05, 3.63) is 156 Å². The van der Waals surface area contributed by atoms with Gasteiger partial charge in [0.1, 0.15) is 18.1 Å². The second kappa shape index (κ2) is 13.7. The third-order valence-electron chi connectivity index (χ3n) is 7.61. The summed E-state index contributed by atoms with van der Waals surface area (Å²) < 4.78 is 19.0. The molecule has 10 heteroatoms. The Hall–Kier alpha value is -5.74. The number of aromatic nitrogens is 1. The first-order chi connectivity index (χ1) is 22.9. The molecular weight excluding hydrogens is 616 g/mol. The lowest BCUT2D eigenvalue weighted by Crippen LogP contribution is -2.40. The van der Waals surface area contributed by atoms with Gasteiger partial charge in [0.25, 0.3) is 5.56 Å². The second-order valence-electron chi connectivity index (χ2n) is 10.5. The first-order valence-corrected chi connectivity index (χ1v) is 15.7. The molecule has 0 saturated heterocycles. The van der Waals surface area contributed by atoms with Gasteiger partial charge in [-0.2, -0.15) is 0 Å². The minimum absolute atomic E-state index is 0.157. The maximum Gasteiger partial charge on any atom is 0.338 e. The van der Waals surface area contributed by atoms with Crippen molar-refractivity contribution in [2.24, 2.45) is 4.99 Å². The number of nitrogens with zero attached hydrogens (tertiary/aromatic N) is 2. The Bertz CT molecular complexity index is 2150. The average molecular weight is 647 g/mol. The molecule has 0 aliphatic carbocycles. The fourth-order valence-corrected chi connectivity index (χ4v) is 6.31. The summed E-state index contributed by atoms with van der Waals surface area (Å²) in [5, 5.41) is 9.19. The number of hydrogen-bond acceptors (Lipinski definition) is 8. The van der Waals surface area contributed by atoms with Crippen LogP contribution in [0, 0.1) is 0 Å². The van der Waals surface area contributed by atoms with Crippen molar-refractivity contribution in [2.45, 2.75) is 19.6 Å². The molecule has 2 heterocycles. The number of carboxylic acids is 1. The van der Waals surface area contributed by atoms with E-state index < -0.39 is 18.0 Å². The van der Waals surface area contributed by atoms with E-state index in [2.05, 4.69) is 0 Å². The Labute approximate surface area is 274 Å². The topological polar surface area (TPSA) is 116 Å². The largest absolute Gasteiger partial charge is 0.497 e. The van der Waals surface area contributed by atoms with Gasteiger partial charge in [-0.25, -0.2) is 14.6 Å². The second-order valence-corrected chi connectivity index (χ2v) is 11.5. The summed E-state index contributed by atoms with van der Waals surface area (Å²) in [6.07, 6.45) is 1.76. The lowest BCUT2D eigenvalue weighted by atomic mass is 9.93. The van der Waals surface area contributed by atoms with Crippen LogP contribution in [-0.2, 0) is 16.1 Å². The van der Waals surface area contributed by atoms with Crippen LogP contribution in [0.5, 0.6) is 11.5 Å². The fraction of sp³-hybridized carbons (Fsp3) is 0.135. The van der Waals surface area contributed by atoms with Gasteiger partial charge in [0.2, 0.25) is 0 Å². The van der Waals surface area contributed by atoms with E-state index >= 15 is 0 Å². The summed E-state index contributed by atoms with van der Waals surface area (Å²) in [6, 6.07) is 29.6. The number of hydrogen-bond donors (Lipinski definition) is 1. The van der Waals surface area contributed by atoms with Crippen molar-refractivity contribution in [3.63, 3.8) is 0 Å². The zero-order valence-electron chi connectivity index (χ0n) is 25.6. The number of carbonyl (C=O) groups excluding carboxylic acids is 1. The first kappa shape index (κ1) is 31.3. The molecule has 1 aliphatic heterocycles. The van der Waals surface area contributed by atoms with Gasteiger partial charge in [0, 0.05) is 11.1 Å². The van der Waals surface area contributed by atoms with Crippen LogP contribution in [0.1, 0.15) is 45.6 Å². The Kier molecular flexibility index (Phi) is 9.12. The van der Waals surface area contributed by atoms with Crippen molar-refractivity contribution in [2.75, 3.05) is 13.7 Å². The molecule has 1 N–H and O–H groups in total. The van der Waals surface area contributed by atoms with Crippen LogP contribution in [0.25, 0.3) is 11.8 Å². The predicted octanol–water partition coefficient (Wildman–Crippen LogP) is 5.22. The molecule has 0 saturated carbocycles. The van der Waals surface area contributed by atoms with Crippen molar-refractivity contribution in [1.29, 1.82) is 0 Å². The van der Waals surface area contributed by atoms with E-state index in [-0.39, 0.29) is 29.9 Å². The monoisotopic (exact) mass is 646 g/mol. The highest BCUT2D eigenvalue weighted by molar-refractivity contribution is 7.07. The van der Waals surface area contributed by atoms with Crippen LogP contribution in [0.3, 0.4) is 0 Å². The van der Waals surface area contributed by atoms with Crippen LogP contribution in [-0.4, -0.2) is 35.3 Å². The molecule has 47 heavy (non-hydrogen) atoms. The number of para-hydroxylation sites is 1. The van der Waals surface area contributed by atoms with E-state index in [1.807, 2.05) is 60.7 Å². The maximum absolute atomic E-state index is 14.3. The number of ether oxygens (including phenoxy) is 3. The number of thiazole rings is 1. The minimum atomic E-state index is -0.997. The van der Waals surface area contributed by atoms with Crippen molar-refractivity contribution in [1.82, 2.24) is 4.57 Å². The van der Waals surface area contributed by atoms with E-state index in [9.17, 15) is 19.5 Å². The van der Waals surface area contributed by atoms with Gasteiger partial charge < -0.3 is 19.3 Å². The highest BCUT2D eigenvalue weighted by Crippen LogP contribution is 2.35. The molecular formula is C37H30N2O7S. The van der Waals surface area contributed by atoms with Gasteiger partial charge in [0.05, 0.1) is 41.1 Å². The average Bonchev–Trinajstić information content (AvgIpc) is 3.41. The molecule has 4 aromatic carbocycles. The van der Waals surface area contributed by atoms with E-state index in [1.54, 1.807) is 55.0 Å². The van der Waals surface area contributed by atoms with E-state index in [0.29, 0.717) is 37.7 Å². The van der Waals surface area contributed by atoms with Crippen LogP contribution in [0.2, 0.25) is 0 Å². The van der Waals surface area contributed by atoms with Crippen LogP contribution >= 0.6 is 11.3 Å². The number of esters is 1. The van der Waals surface area contributed by atoms with Crippen molar-refractivity contribution in [3.8, 4) is 11.5 Å². The lowest BCUT2D eigenvalue weighted by Gasteiger charge is -2.26. The molecule has 0 spiro atoms. The molecule has 0 unspecified atom stereocenters. The van der Waals surface area contributed by atoms with E-state index in [1.165, 1.54) is 23.5 Å². The predicted molar refractivity (Wildman–Crippen MR) is 178 cm³/mol. The highest BCUT2D eigenvalue weighted by atomic mass is 32.1. The minimum Gasteiger partial charge on any atom is -0.497 e. The summed E-state index contributed by atoms with van der Waals surface area (Å²) in [6.45, 7) is 2.10. The number of methoxy groups -OCH3 is 1. The summed E-state index contributed by atoms with van der Waals surface area (Å²) in [4.78, 5) is 44.5. The standard InChI is InChI=1S/C37H30N2O7S/c1-3-45-36(43)31-32(24-9-5-4-6-10-24)38-37-39(33(31)25-17-19-28(44-2)20-18-25)34(40)30(47-37)21-27-11-7-8-12-29(27)46-22-23-13-15-26(16-14-23)35(41)42/h4-21,33H,3,22H2,1-2H3,(H,41,42)/b30-21-/t33-/m0/s1. The first-order valence-electron chi connectivity index (χ1n) is 14.8. The van der Waals surface area contributed by atoms with Crippen molar-refractivity contribution < 1.29 is 28.9 Å². The molecule has 5 aromatic rings. The Morgan fingerprint density at radius 2 is 1.64 bits per heavy atom. The van der Waals surface area contributed by atoms with Gasteiger partial charge in [-0.1, -0.05) is 84.1 Å². The highest BCUT2D eigenvalue weighted by Gasteiger charge is 2.35. The van der Waals surface area contributed by atoms with Crippen molar-refractivity contribution >= 4 is 35.0 Å². The summed E-state index contributed by atoms with van der Waals surface area (Å²) in [5.74, 6) is -0.366. The number of carbonyl (C=O) groups is 2. The molecule has 9 nitrogen and oxygen atoms in total. The van der Waals surface area contributed by atoms with Gasteiger partial charge >= 0.3 is 11.9 Å². The SMILES string of the molecule is CCOC(=O)C1=C(c2ccccc2)N=c2s/c(=C\c3ccccc3OCc3ccc(C(=O)O)cc3)c(=O)n2[C@H]1c1ccc(OC)cc1. The zero-order chi connectivity index (χ0) is 32.9. The van der Waals surface area contributed by atoms with Crippen LogP contribution in [0.4, 0.5) is 0 Å². The fourth-order valence-electron chi connectivity index (χ4n) is 5.32. The van der Waals surface area contributed by atoms with Gasteiger partial charge in [-0.15, -0.1) is 0 Å². The molecule has 6 rings (SSSR count). The number of benzene rings is 4. The summed E-state index contributed by atoms with van der Waals surface area (Å²) >= 11 is 1.22. The summed E-state index contributed by atoms with van der Waals surface area (Å²) in [5.41, 5.74) is 3.47. The van der Waals surface area contributed by atoms with Gasteiger partial charge in [-0.05, 0) is 54.5 Å². The summed E-state index contributed by atoms with van der Waals surface area (Å²) in [7, 11) is 1.58. The third kappa shape index (κ3) is 6.49. The molecule has 1 aliphatic rings. The molecule has 0 amide bonds. The Morgan fingerprint density at radius 1 is 0.936 bits per heavy atom. The van der Waals surface area contributed by atoms with Crippen LogP contribution in [0.15, 0.2) is 118 Å². The van der Waals surface area contributed by atoms with E-state index in [4.69, 9.17) is 19.2 Å². The van der Waals surface area contributed by atoms with Gasteiger partial charge in [0.15, 0.2) is 4.80 Å². The molecule has 0 fully saturated rings. The molecule has 1 atom stereocenters. The molecule has 236 valence electrons. The molecule has 1 aromatic heterocycles. The lowest BCUT2D eigenvalue weighted by molar-refractivity contribution is -0.138. The number of fused-ring (bicyclic) bond motifs is 1. The van der Waals surface area contributed by atoms with Gasteiger partial charge in [-0.3, -0.25) is 9.36 Å². The zero-order valence-corrected chi connectivity index (χ0v) is 26.4. The maximum atomic E-state index is 14.3. The molecule has 0 bridgehead atoms. The number of rotatable bonds is 10. The number of aromatic carboxylic acids is 1. The van der Waals surface area contributed by atoms with Crippen LogP contribution < -0.4 is 24.4 Å². The Morgan fingerprint density at radius 3 is 2.32 bits per heavy atom. The molecule has 0 radical (unpaired) electrons. The smallest absolute Gasteiger partial charge is 0.338 e. The quantitative estimate of drug-likeness (QED) is 0.207. The number of carboxylic acid groups (broad SMARTS) is 1. The Balaban J connectivity index is 1.48. The normalized spacial score (nSPS) is 14.3. The van der Waals surface area contributed by atoms with E-state index in [0.717, 1.165) is 11.1 Å². The third-order valence-corrected chi connectivity index (χ3v) is 8.59.